The lowest BCUT2D eigenvalue weighted by Gasteiger charge is -2.35. The lowest BCUT2D eigenvalue weighted by molar-refractivity contribution is -0.137. The summed E-state index contributed by atoms with van der Waals surface area (Å²) in [4.78, 5) is 38.0. The van der Waals surface area contributed by atoms with Crippen molar-refractivity contribution < 1.29 is 31.2 Å². The van der Waals surface area contributed by atoms with Gasteiger partial charge in [-0.15, -0.1) is 11.3 Å². The second kappa shape index (κ2) is 11.9. The molecule has 1 aromatic carbocycles. The lowest BCUT2D eigenvalue weighted by atomic mass is 10.1. The van der Waals surface area contributed by atoms with Crippen LogP contribution in [-0.4, -0.2) is 91.1 Å². The normalized spacial score (nSPS) is 18.9. The van der Waals surface area contributed by atoms with Crippen molar-refractivity contribution in [3.8, 4) is 10.6 Å². The van der Waals surface area contributed by atoms with E-state index in [4.69, 9.17) is 5.73 Å². The molecule has 0 radical (unpaired) electrons. The average molecular weight is 664 g/mol. The molecule has 0 unspecified atom stereocenters. The monoisotopic (exact) mass is 663 g/mol. The van der Waals surface area contributed by atoms with Crippen molar-refractivity contribution in [2.75, 3.05) is 55.2 Å². The summed E-state index contributed by atoms with van der Waals surface area (Å²) >= 11 is 0.712. The molecule has 3 aromatic rings. The Labute approximate surface area is 262 Å². The molecule has 0 atom stereocenters. The second-order valence-electron chi connectivity index (χ2n) is 11.4. The van der Waals surface area contributed by atoms with Crippen LogP contribution in [-0.2, 0) is 27.2 Å². The number of anilines is 3. The number of primary amides is 1. The summed E-state index contributed by atoms with van der Waals surface area (Å²) in [5, 5.41) is 3.04. The fourth-order valence-electron chi connectivity index (χ4n) is 5.70. The van der Waals surface area contributed by atoms with E-state index < -0.39 is 33.2 Å². The molecular weight excluding hydrogens is 631 g/mol. The summed E-state index contributed by atoms with van der Waals surface area (Å²) in [5.41, 5.74) is 6.15. The molecule has 16 heteroatoms. The minimum absolute atomic E-state index is 0.0459. The van der Waals surface area contributed by atoms with E-state index in [1.165, 1.54) is 4.90 Å². The highest BCUT2D eigenvalue weighted by Crippen LogP contribution is 2.43. The van der Waals surface area contributed by atoms with Crippen LogP contribution in [0.2, 0.25) is 0 Å². The van der Waals surface area contributed by atoms with Gasteiger partial charge >= 0.3 is 6.18 Å². The topological polar surface area (TPSA) is 142 Å². The van der Waals surface area contributed by atoms with Crippen LogP contribution in [0.4, 0.5) is 30.5 Å². The van der Waals surface area contributed by atoms with Crippen LogP contribution in [0.3, 0.4) is 0 Å². The predicted molar refractivity (Wildman–Crippen MR) is 163 cm³/mol. The van der Waals surface area contributed by atoms with E-state index in [2.05, 4.69) is 20.2 Å². The first-order chi connectivity index (χ1) is 21.3. The summed E-state index contributed by atoms with van der Waals surface area (Å²) in [6.07, 6.45) is -2.00. The van der Waals surface area contributed by atoms with Gasteiger partial charge < -0.3 is 20.9 Å². The van der Waals surface area contributed by atoms with Crippen molar-refractivity contribution in [2.24, 2.45) is 5.73 Å². The number of thiophene rings is 1. The van der Waals surface area contributed by atoms with Gasteiger partial charge in [-0.25, -0.2) is 18.4 Å². The molecule has 1 saturated carbocycles. The molecule has 6 rings (SSSR count). The third-order valence-corrected chi connectivity index (χ3v) is 11.2. The Balaban J connectivity index is 1.30. The van der Waals surface area contributed by atoms with Crippen molar-refractivity contribution in [1.82, 2.24) is 19.8 Å². The molecule has 2 aliphatic heterocycles. The highest BCUT2D eigenvalue weighted by Gasteiger charge is 2.41. The van der Waals surface area contributed by atoms with Gasteiger partial charge in [0, 0.05) is 56.3 Å². The number of hydrogen-bond acceptors (Lipinski definition) is 10. The number of nitrogens with two attached hydrogens (primary N) is 1. The summed E-state index contributed by atoms with van der Waals surface area (Å²) in [6.45, 7) is 5.00. The number of aromatic nitrogens is 2. The zero-order valence-corrected chi connectivity index (χ0v) is 26.1. The zero-order valence-electron chi connectivity index (χ0n) is 24.4. The molecule has 2 amide bonds. The van der Waals surface area contributed by atoms with Crippen LogP contribution < -0.4 is 16.0 Å². The van der Waals surface area contributed by atoms with Gasteiger partial charge in [0.25, 0.3) is 5.91 Å². The second-order valence-corrected chi connectivity index (χ2v) is 14.5. The molecule has 1 aliphatic carbocycles. The van der Waals surface area contributed by atoms with E-state index in [-0.39, 0.29) is 51.4 Å². The van der Waals surface area contributed by atoms with Crippen molar-refractivity contribution in [3.05, 3.63) is 46.5 Å². The van der Waals surface area contributed by atoms with E-state index in [1.807, 2.05) is 30.0 Å². The van der Waals surface area contributed by atoms with Crippen LogP contribution in [0.25, 0.3) is 10.6 Å². The maximum atomic E-state index is 14.2. The molecule has 0 bridgehead atoms. The Kier molecular flexibility index (Phi) is 8.24. The molecule has 11 nitrogen and oxygen atoms in total. The molecule has 3 aliphatic rings. The summed E-state index contributed by atoms with van der Waals surface area (Å²) in [5.74, 6) is -1.24. The van der Waals surface area contributed by atoms with Crippen LogP contribution in [0.1, 0.15) is 40.6 Å². The fourth-order valence-corrected chi connectivity index (χ4v) is 8.62. The van der Waals surface area contributed by atoms with Gasteiger partial charge in [-0.2, -0.15) is 13.2 Å². The molecule has 3 N–H and O–H groups in total. The maximum Gasteiger partial charge on any atom is 0.420 e. The average Bonchev–Trinajstić information content (AvgIpc) is 3.73. The lowest BCUT2D eigenvalue weighted by Crippen LogP contribution is -2.48. The van der Waals surface area contributed by atoms with E-state index in [0.29, 0.717) is 55.8 Å². The minimum atomic E-state index is -4.82. The number of carbonyl (C=O) groups excluding carboxylic acids is 2. The molecular formula is C29H32F3N7O4S2. The number of fused-ring (bicyclic) bond motifs is 1. The first-order valence-electron chi connectivity index (χ1n) is 14.6. The number of halogens is 3. The Morgan fingerprint density at radius 2 is 1.87 bits per heavy atom. The molecule has 2 aromatic heterocycles. The number of carbonyl (C=O) groups is 2. The smallest absolute Gasteiger partial charge is 0.369 e. The maximum absolute atomic E-state index is 14.2. The van der Waals surface area contributed by atoms with E-state index >= 15 is 0 Å². The van der Waals surface area contributed by atoms with Crippen LogP contribution in [0.15, 0.2) is 35.4 Å². The largest absolute Gasteiger partial charge is 0.420 e. The summed E-state index contributed by atoms with van der Waals surface area (Å²) < 4.78 is 68.6. The van der Waals surface area contributed by atoms with Crippen molar-refractivity contribution >= 4 is 50.3 Å². The molecule has 0 spiro atoms. The number of sulfone groups is 1. The molecule has 240 valence electrons. The van der Waals surface area contributed by atoms with E-state index in [0.717, 1.165) is 30.2 Å². The van der Waals surface area contributed by atoms with Gasteiger partial charge in [0.05, 0.1) is 27.8 Å². The quantitative estimate of drug-likeness (QED) is 0.370. The van der Waals surface area contributed by atoms with Crippen molar-refractivity contribution in [1.29, 1.82) is 0 Å². The van der Waals surface area contributed by atoms with Gasteiger partial charge in [0.1, 0.15) is 10.4 Å². The standard InChI is InChI=1S/C29H32F3N7O4S2/c1-2-17-13-19(38-9-7-37(8-10-38)16-24(33)40)5-6-21(17)35-28-34-15-20(29(30,31)32)25(36-28)22-14-23-26(44-22)27(41)39(18-3-4-18)11-12-45(23,42)43/h5-6,13-15,18H,2-4,7-12,16H2,1H3,(H2,33,40)(H,34,35,36). The van der Waals surface area contributed by atoms with Crippen molar-refractivity contribution in [2.45, 2.75) is 43.3 Å². The number of benzene rings is 1. The Hall–Kier alpha value is -3.76. The third kappa shape index (κ3) is 6.49. The first-order valence-corrected chi connectivity index (χ1v) is 17.1. The molecule has 4 heterocycles. The minimum Gasteiger partial charge on any atom is -0.369 e. The van der Waals surface area contributed by atoms with E-state index in [9.17, 15) is 31.2 Å². The van der Waals surface area contributed by atoms with Gasteiger partial charge in [-0.05, 0) is 49.1 Å². The first kappa shape index (κ1) is 31.2. The highest BCUT2D eigenvalue weighted by molar-refractivity contribution is 7.91. The number of aryl methyl sites for hydroxylation is 1. The highest BCUT2D eigenvalue weighted by atomic mass is 32.2. The Morgan fingerprint density at radius 1 is 1.13 bits per heavy atom. The van der Waals surface area contributed by atoms with Crippen LogP contribution in [0, 0.1) is 0 Å². The van der Waals surface area contributed by atoms with Gasteiger partial charge in [-0.3, -0.25) is 14.5 Å². The van der Waals surface area contributed by atoms with Gasteiger partial charge in [-0.1, -0.05) is 6.92 Å². The predicted octanol–water partition coefficient (Wildman–Crippen LogP) is 3.53. The Morgan fingerprint density at radius 3 is 2.51 bits per heavy atom. The summed E-state index contributed by atoms with van der Waals surface area (Å²) in [7, 11) is -3.89. The van der Waals surface area contributed by atoms with Crippen LogP contribution in [0.5, 0.6) is 0 Å². The fraction of sp³-hybridized carbons (Fsp3) is 0.448. The van der Waals surface area contributed by atoms with Crippen molar-refractivity contribution in [3.63, 3.8) is 0 Å². The van der Waals surface area contributed by atoms with Crippen LogP contribution >= 0.6 is 11.3 Å². The van der Waals surface area contributed by atoms with E-state index in [1.54, 1.807) is 0 Å². The SMILES string of the molecule is CCc1cc(N2CCN(CC(N)=O)CC2)ccc1Nc1ncc(C(F)(F)F)c(-c2cc3c(s2)C(=O)N(C2CC2)CCS3(=O)=O)n1. The van der Waals surface area contributed by atoms with Gasteiger partial charge in [0.2, 0.25) is 11.9 Å². The van der Waals surface area contributed by atoms with Gasteiger partial charge in [0.15, 0.2) is 9.84 Å². The number of rotatable bonds is 8. The molecule has 2 fully saturated rings. The number of piperazine rings is 1. The number of nitrogens with one attached hydrogen (secondary N) is 1. The number of amides is 2. The molecule has 1 saturated heterocycles. The Bertz CT molecular complexity index is 1750. The third-order valence-electron chi connectivity index (χ3n) is 8.24. The summed E-state index contributed by atoms with van der Waals surface area (Å²) in [6, 6.07) is 6.80. The number of hydrogen-bond donors (Lipinski definition) is 2. The number of alkyl halides is 3. The molecule has 45 heavy (non-hydrogen) atoms. The zero-order chi connectivity index (χ0) is 32.1. The number of nitrogens with zero attached hydrogens (tertiary/aromatic N) is 5.